The Morgan fingerprint density at radius 1 is 0.378 bits per heavy atom. The van der Waals surface area contributed by atoms with Gasteiger partial charge in [0, 0.05) is 60.1 Å². The van der Waals surface area contributed by atoms with Crippen LogP contribution in [0.4, 0.5) is 0 Å². The Balaban J connectivity index is 1.49. The Hall–Kier alpha value is -5.02. The summed E-state index contributed by atoms with van der Waals surface area (Å²) in [6, 6.07) is 41.9. The van der Waals surface area contributed by atoms with E-state index in [-0.39, 0.29) is 0 Å². The van der Waals surface area contributed by atoms with Gasteiger partial charge in [-0.25, -0.2) is 0 Å². The molecule has 6 aromatic carbocycles. The van der Waals surface area contributed by atoms with Crippen LogP contribution in [0.3, 0.4) is 0 Å². The van der Waals surface area contributed by atoms with Crippen molar-refractivity contribution in [2.45, 2.75) is 0 Å². The smallest absolute Gasteiger partial charge is 0.0548 e. The average molecular weight is 472 g/mol. The number of aromatic nitrogens is 3. The third-order valence-electron chi connectivity index (χ3n) is 8.01. The standard InChI is InChI=1S/C34H21N3/c1-2-8-21-15-22(14-13-20(21)7-1)37-33-18-25-23-9-3-5-11-29(23)35-31(25)16-27(33)28-17-32-26(19-34(28)37)24-10-4-6-12-30(24)36-32/h1-19,35-36H. The number of hydrogen-bond donors (Lipinski definition) is 2. The lowest BCUT2D eigenvalue weighted by Gasteiger charge is -2.10. The van der Waals surface area contributed by atoms with E-state index < -0.39 is 0 Å². The lowest BCUT2D eigenvalue weighted by atomic mass is 10.1. The van der Waals surface area contributed by atoms with Crippen molar-refractivity contribution < 1.29 is 0 Å². The van der Waals surface area contributed by atoms with Crippen LogP contribution >= 0.6 is 0 Å². The normalized spacial score (nSPS) is 12.3. The largest absolute Gasteiger partial charge is 0.354 e. The number of aromatic amines is 2. The second kappa shape index (κ2) is 6.80. The van der Waals surface area contributed by atoms with Crippen LogP contribution in [0.15, 0.2) is 115 Å². The van der Waals surface area contributed by atoms with Gasteiger partial charge in [-0.05, 0) is 59.3 Å². The molecule has 0 saturated heterocycles. The Bertz CT molecular complexity index is 2230. The second-order valence-electron chi connectivity index (χ2n) is 10.0. The molecule has 0 spiro atoms. The maximum absolute atomic E-state index is 3.65. The summed E-state index contributed by atoms with van der Waals surface area (Å²) in [6.45, 7) is 0. The third-order valence-corrected chi connectivity index (χ3v) is 8.01. The zero-order valence-electron chi connectivity index (χ0n) is 19.9. The Morgan fingerprint density at radius 2 is 0.919 bits per heavy atom. The lowest BCUT2D eigenvalue weighted by molar-refractivity contribution is 1.19. The molecular formula is C34H21N3. The minimum absolute atomic E-state index is 1.17. The van der Waals surface area contributed by atoms with Gasteiger partial charge in [-0.15, -0.1) is 0 Å². The first-order chi connectivity index (χ1) is 18.3. The van der Waals surface area contributed by atoms with Crippen LogP contribution in [0, 0.1) is 0 Å². The Morgan fingerprint density at radius 3 is 1.54 bits per heavy atom. The summed E-state index contributed by atoms with van der Waals surface area (Å²) in [4.78, 5) is 7.30. The van der Waals surface area contributed by atoms with Gasteiger partial charge < -0.3 is 14.5 Å². The highest BCUT2D eigenvalue weighted by molar-refractivity contribution is 6.21. The third kappa shape index (κ3) is 2.55. The molecule has 0 radical (unpaired) electrons. The van der Waals surface area contributed by atoms with E-state index in [1.54, 1.807) is 0 Å². The average Bonchev–Trinajstić information content (AvgIpc) is 3.59. The van der Waals surface area contributed by atoms with E-state index in [0.717, 1.165) is 0 Å². The van der Waals surface area contributed by atoms with Gasteiger partial charge in [-0.3, -0.25) is 0 Å². The fourth-order valence-corrected chi connectivity index (χ4v) is 6.30. The van der Waals surface area contributed by atoms with Gasteiger partial charge >= 0.3 is 0 Å². The van der Waals surface area contributed by atoms with E-state index in [1.165, 1.54) is 81.9 Å². The van der Waals surface area contributed by atoms with E-state index in [4.69, 9.17) is 0 Å². The molecule has 37 heavy (non-hydrogen) atoms. The minimum atomic E-state index is 1.17. The maximum Gasteiger partial charge on any atom is 0.0548 e. The van der Waals surface area contributed by atoms with Crippen LogP contribution in [0.1, 0.15) is 0 Å². The summed E-state index contributed by atoms with van der Waals surface area (Å²) < 4.78 is 2.44. The highest BCUT2D eigenvalue weighted by atomic mass is 15.0. The molecule has 172 valence electrons. The fraction of sp³-hybridized carbons (Fsp3) is 0. The van der Waals surface area contributed by atoms with Crippen molar-refractivity contribution in [2.24, 2.45) is 0 Å². The van der Waals surface area contributed by atoms with Gasteiger partial charge in [0.2, 0.25) is 0 Å². The number of fused-ring (bicyclic) bond motifs is 10. The van der Waals surface area contributed by atoms with E-state index in [9.17, 15) is 0 Å². The molecule has 0 atom stereocenters. The summed E-state index contributed by atoms with van der Waals surface area (Å²) >= 11 is 0. The molecule has 9 aromatic rings. The van der Waals surface area contributed by atoms with Gasteiger partial charge in [0.15, 0.2) is 0 Å². The van der Waals surface area contributed by atoms with Gasteiger partial charge in [0.05, 0.1) is 11.0 Å². The van der Waals surface area contributed by atoms with E-state index in [2.05, 4.69) is 130 Å². The maximum atomic E-state index is 3.65. The monoisotopic (exact) mass is 471 g/mol. The van der Waals surface area contributed by atoms with Crippen molar-refractivity contribution >= 4 is 76.2 Å². The predicted octanol–water partition coefficient (Wildman–Crippen LogP) is 9.21. The Labute approximate surface area is 211 Å². The van der Waals surface area contributed by atoms with E-state index in [1.807, 2.05) is 0 Å². The fourth-order valence-electron chi connectivity index (χ4n) is 6.30. The molecule has 3 heterocycles. The van der Waals surface area contributed by atoms with Crippen LogP contribution in [0.2, 0.25) is 0 Å². The summed E-state index contributed by atoms with van der Waals surface area (Å²) in [5.41, 5.74) is 8.30. The van der Waals surface area contributed by atoms with E-state index >= 15 is 0 Å². The van der Waals surface area contributed by atoms with Crippen LogP contribution < -0.4 is 0 Å². The van der Waals surface area contributed by atoms with Gasteiger partial charge in [-0.1, -0.05) is 66.7 Å². The minimum Gasteiger partial charge on any atom is -0.354 e. The van der Waals surface area contributed by atoms with Crippen molar-refractivity contribution in [3.8, 4) is 5.69 Å². The molecule has 0 aliphatic heterocycles. The molecule has 2 N–H and O–H groups in total. The van der Waals surface area contributed by atoms with Crippen molar-refractivity contribution in [3.05, 3.63) is 115 Å². The number of H-pyrrole nitrogens is 2. The summed E-state index contributed by atoms with van der Waals surface area (Å²) in [6.07, 6.45) is 0. The molecule has 0 aliphatic rings. The molecule has 0 saturated carbocycles. The molecule has 0 amide bonds. The second-order valence-corrected chi connectivity index (χ2v) is 10.0. The molecular weight excluding hydrogens is 450 g/mol. The first-order valence-electron chi connectivity index (χ1n) is 12.7. The lowest BCUT2D eigenvalue weighted by Crippen LogP contribution is -1.94. The Kier molecular flexibility index (Phi) is 3.53. The van der Waals surface area contributed by atoms with Crippen molar-refractivity contribution in [2.75, 3.05) is 0 Å². The van der Waals surface area contributed by atoms with Gasteiger partial charge in [0.1, 0.15) is 0 Å². The SMILES string of the molecule is c1ccc2cc(-n3c4cc5c(cc4c4cc6[nH]c7ccccc7c6cc43)[nH]c3ccccc35)ccc2c1. The number of benzene rings is 6. The zero-order valence-corrected chi connectivity index (χ0v) is 19.9. The molecule has 3 heteroatoms. The van der Waals surface area contributed by atoms with Gasteiger partial charge in [-0.2, -0.15) is 0 Å². The highest BCUT2D eigenvalue weighted by Gasteiger charge is 2.17. The molecule has 0 unspecified atom stereocenters. The van der Waals surface area contributed by atoms with Crippen molar-refractivity contribution in [1.82, 2.24) is 14.5 Å². The van der Waals surface area contributed by atoms with Crippen LogP contribution in [-0.2, 0) is 0 Å². The molecule has 0 fully saturated rings. The van der Waals surface area contributed by atoms with Crippen molar-refractivity contribution in [3.63, 3.8) is 0 Å². The molecule has 3 nitrogen and oxygen atoms in total. The number of para-hydroxylation sites is 2. The number of rotatable bonds is 1. The molecule has 0 bridgehead atoms. The molecule has 0 aliphatic carbocycles. The summed E-state index contributed by atoms with van der Waals surface area (Å²) in [5, 5.41) is 10.0. The summed E-state index contributed by atoms with van der Waals surface area (Å²) in [5.74, 6) is 0. The molecule has 9 rings (SSSR count). The quantitative estimate of drug-likeness (QED) is 0.239. The first-order valence-corrected chi connectivity index (χ1v) is 12.7. The topological polar surface area (TPSA) is 36.5 Å². The highest BCUT2D eigenvalue weighted by Crippen LogP contribution is 2.40. The van der Waals surface area contributed by atoms with Crippen LogP contribution in [0.5, 0.6) is 0 Å². The van der Waals surface area contributed by atoms with E-state index in [0.29, 0.717) is 0 Å². The zero-order chi connectivity index (χ0) is 24.1. The van der Waals surface area contributed by atoms with Crippen molar-refractivity contribution in [1.29, 1.82) is 0 Å². The predicted molar refractivity (Wildman–Crippen MR) is 157 cm³/mol. The number of nitrogens with zero attached hydrogens (tertiary/aromatic N) is 1. The summed E-state index contributed by atoms with van der Waals surface area (Å²) in [7, 11) is 0. The number of nitrogens with one attached hydrogen (secondary N) is 2. The van der Waals surface area contributed by atoms with Gasteiger partial charge in [0.25, 0.3) is 0 Å². The first kappa shape index (κ1) is 19.2. The van der Waals surface area contributed by atoms with Crippen LogP contribution in [0.25, 0.3) is 81.9 Å². The molecule has 3 aromatic heterocycles. The number of hydrogen-bond acceptors (Lipinski definition) is 0. The van der Waals surface area contributed by atoms with Crippen LogP contribution in [-0.4, -0.2) is 14.5 Å².